The SMILES string of the molecule is O=C(O)c1ccnc(NC2CCCCCC2)n1. The molecule has 2 N–H and O–H groups in total. The van der Waals surface area contributed by atoms with Crippen LogP contribution < -0.4 is 5.32 Å². The van der Waals surface area contributed by atoms with Gasteiger partial charge in [0, 0.05) is 12.2 Å². The Morgan fingerprint density at radius 3 is 2.65 bits per heavy atom. The topological polar surface area (TPSA) is 75.1 Å². The van der Waals surface area contributed by atoms with Gasteiger partial charge in [0.1, 0.15) is 0 Å². The molecule has 5 heteroatoms. The second-order valence-electron chi connectivity index (χ2n) is 4.40. The molecule has 0 amide bonds. The van der Waals surface area contributed by atoms with Crippen molar-refractivity contribution < 1.29 is 9.90 Å². The molecular formula is C12H17N3O2. The summed E-state index contributed by atoms with van der Waals surface area (Å²) in [5, 5.41) is 12.1. The Kier molecular flexibility index (Phi) is 3.90. The minimum Gasteiger partial charge on any atom is -0.477 e. The fraction of sp³-hybridized carbons (Fsp3) is 0.583. The molecule has 1 heterocycles. The Morgan fingerprint density at radius 1 is 1.29 bits per heavy atom. The highest BCUT2D eigenvalue weighted by Crippen LogP contribution is 2.19. The van der Waals surface area contributed by atoms with Crippen LogP contribution >= 0.6 is 0 Å². The molecule has 92 valence electrons. The maximum absolute atomic E-state index is 10.8. The number of carbonyl (C=O) groups is 1. The van der Waals surface area contributed by atoms with E-state index in [0.29, 0.717) is 12.0 Å². The summed E-state index contributed by atoms with van der Waals surface area (Å²) in [6.07, 6.45) is 8.71. The van der Waals surface area contributed by atoms with Crippen molar-refractivity contribution in [3.05, 3.63) is 18.0 Å². The van der Waals surface area contributed by atoms with Crippen molar-refractivity contribution in [3.8, 4) is 0 Å². The highest BCUT2D eigenvalue weighted by molar-refractivity contribution is 5.85. The van der Waals surface area contributed by atoms with E-state index in [-0.39, 0.29) is 5.69 Å². The van der Waals surface area contributed by atoms with Gasteiger partial charge < -0.3 is 10.4 Å². The van der Waals surface area contributed by atoms with E-state index in [1.807, 2.05) is 0 Å². The molecule has 0 radical (unpaired) electrons. The molecule has 0 aliphatic heterocycles. The second-order valence-corrected chi connectivity index (χ2v) is 4.40. The zero-order valence-corrected chi connectivity index (χ0v) is 9.72. The van der Waals surface area contributed by atoms with Crippen molar-refractivity contribution in [1.82, 2.24) is 9.97 Å². The highest BCUT2D eigenvalue weighted by atomic mass is 16.4. The van der Waals surface area contributed by atoms with Gasteiger partial charge in [0.25, 0.3) is 0 Å². The third-order valence-corrected chi connectivity index (χ3v) is 3.06. The molecule has 1 aromatic heterocycles. The maximum atomic E-state index is 10.8. The van der Waals surface area contributed by atoms with E-state index in [9.17, 15) is 4.79 Å². The number of aromatic nitrogens is 2. The van der Waals surface area contributed by atoms with Gasteiger partial charge in [-0.2, -0.15) is 0 Å². The van der Waals surface area contributed by atoms with Crippen LogP contribution in [0.1, 0.15) is 49.0 Å². The van der Waals surface area contributed by atoms with Crippen LogP contribution in [-0.2, 0) is 0 Å². The van der Waals surface area contributed by atoms with Crippen LogP contribution in [0.2, 0.25) is 0 Å². The standard InChI is InChI=1S/C12H17N3O2/c16-11(17)10-7-8-13-12(15-10)14-9-5-3-1-2-4-6-9/h7-9H,1-6H2,(H,16,17)(H,13,14,15). The van der Waals surface area contributed by atoms with Crippen LogP contribution in [-0.4, -0.2) is 27.1 Å². The Labute approximate surface area is 100 Å². The number of nitrogens with zero attached hydrogens (tertiary/aromatic N) is 2. The van der Waals surface area contributed by atoms with Gasteiger partial charge >= 0.3 is 5.97 Å². The lowest BCUT2D eigenvalue weighted by atomic mass is 10.1. The maximum Gasteiger partial charge on any atom is 0.354 e. The van der Waals surface area contributed by atoms with Crippen molar-refractivity contribution in [2.24, 2.45) is 0 Å². The van der Waals surface area contributed by atoms with Gasteiger partial charge in [0.15, 0.2) is 5.69 Å². The average Bonchev–Trinajstić information content (AvgIpc) is 2.58. The number of hydrogen-bond donors (Lipinski definition) is 2. The summed E-state index contributed by atoms with van der Waals surface area (Å²) in [6, 6.07) is 1.78. The van der Waals surface area contributed by atoms with Gasteiger partial charge in [-0.3, -0.25) is 0 Å². The number of hydrogen-bond acceptors (Lipinski definition) is 4. The minimum absolute atomic E-state index is 0.0381. The van der Waals surface area contributed by atoms with Crippen LogP contribution in [0, 0.1) is 0 Å². The number of carboxylic acid groups (broad SMARTS) is 1. The molecule has 0 spiro atoms. The monoisotopic (exact) mass is 235 g/mol. The quantitative estimate of drug-likeness (QED) is 0.786. The Bertz CT molecular complexity index is 387. The van der Waals surface area contributed by atoms with Gasteiger partial charge in [0.05, 0.1) is 0 Å². The molecule has 0 saturated heterocycles. The Balaban J connectivity index is 2.01. The van der Waals surface area contributed by atoms with Crippen molar-refractivity contribution in [2.45, 2.75) is 44.6 Å². The van der Waals surface area contributed by atoms with Crippen LogP contribution in [0.25, 0.3) is 0 Å². The lowest BCUT2D eigenvalue weighted by Gasteiger charge is -2.15. The van der Waals surface area contributed by atoms with Crippen molar-refractivity contribution in [3.63, 3.8) is 0 Å². The van der Waals surface area contributed by atoms with Crippen LogP contribution in [0.4, 0.5) is 5.95 Å². The van der Waals surface area contributed by atoms with Crippen LogP contribution in [0.5, 0.6) is 0 Å². The van der Waals surface area contributed by atoms with Crippen LogP contribution in [0.15, 0.2) is 12.3 Å². The predicted octanol–water partition coefficient (Wildman–Crippen LogP) is 2.31. The van der Waals surface area contributed by atoms with Crippen LogP contribution in [0.3, 0.4) is 0 Å². The summed E-state index contributed by atoms with van der Waals surface area (Å²) in [6.45, 7) is 0. The zero-order chi connectivity index (χ0) is 12.1. The summed E-state index contributed by atoms with van der Waals surface area (Å²) in [5.41, 5.74) is 0.0381. The van der Waals surface area contributed by atoms with E-state index in [1.54, 1.807) is 0 Å². The molecule has 1 aliphatic carbocycles. The highest BCUT2D eigenvalue weighted by Gasteiger charge is 2.14. The molecule has 0 aromatic carbocycles. The third kappa shape index (κ3) is 3.41. The first-order chi connectivity index (χ1) is 8.25. The molecule has 0 unspecified atom stereocenters. The summed E-state index contributed by atoms with van der Waals surface area (Å²) in [7, 11) is 0. The molecule has 0 bridgehead atoms. The molecule has 1 aromatic rings. The lowest BCUT2D eigenvalue weighted by Crippen LogP contribution is -2.20. The summed E-state index contributed by atoms with van der Waals surface area (Å²) in [4.78, 5) is 18.8. The molecular weight excluding hydrogens is 218 g/mol. The number of carboxylic acids is 1. The van der Waals surface area contributed by atoms with Gasteiger partial charge in [0.2, 0.25) is 5.95 Å². The Morgan fingerprint density at radius 2 is 2.00 bits per heavy atom. The number of nitrogens with one attached hydrogen (secondary N) is 1. The smallest absolute Gasteiger partial charge is 0.354 e. The number of aromatic carboxylic acids is 1. The van der Waals surface area contributed by atoms with Crippen molar-refractivity contribution in [1.29, 1.82) is 0 Å². The zero-order valence-electron chi connectivity index (χ0n) is 9.72. The van der Waals surface area contributed by atoms with E-state index < -0.39 is 5.97 Å². The fourth-order valence-electron chi connectivity index (χ4n) is 2.15. The van der Waals surface area contributed by atoms with Crippen molar-refractivity contribution in [2.75, 3.05) is 5.32 Å². The van der Waals surface area contributed by atoms with Crippen molar-refractivity contribution >= 4 is 11.9 Å². The Hall–Kier alpha value is -1.65. The summed E-state index contributed by atoms with van der Waals surface area (Å²) < 4.78 is 0. The van der Waals surface area contributed by atoms with E-state index in [1.165, 1.54) is 37.9 Å². The molecule has 17 heavy (non-hydrogen) atoms. The lowest BCUT2D eigenvalue weighted by molar-refractivity contribution is 0.0690. The number of rotatable bonds is 3. The molecule has 2 rings (SSSR count). The molecule has 1 fully saturated rings. The minimum atomic E-state index is -1.02. The largest absolute Gasteiger partial charge is 0.477 e. The second kappa shape index (κ2) is 5.61. The molecule has 5 nitrogen and oxygen atoms in total. The first-order valence-electron chi connectivity index (χ1n) is 6.08. The van der Waals surface area contributed by atoms with Gasteiger partial charge in [-0.15, -0.1) is 0 Å². The predicted molar refractivity (Wildman–Crippen MR) is 64.1 cm³/mol. The molecule has 0 atom stereocenters. The fourth-order valence-corrected chi connectivity index (χ4v) is 2.15. The first kappa shape index (κ1) is 11.8. The van der Waals surface area contributed by atoms with Gasteiger partial charge in [-0.1, -0.05) is 25.7 Å². The van der Waals surface area contributed by atoms with E-state index in [2.05, 4.69) is 15.3 Å². The third-order valence-electron chi connectivity index (χ3n) is 3.06. The van der Waals surface area contributed by atoms with E-state index in [0.717, 1.165) is 12.8 Å². The number of anilines is 1. The molecule has 1 aliphatic rings. The molecule has 1 saturated carbocycles. The first-order valence-corrected chi connectivity index (χ1v) is 6.08. The van der Waals surface area contributed by atoms with E-state index >= 15 is 0 Å². The van der Waals surface area contributed by atoms with Gasteiger partial charge in [-0.05, 0) is 18.9 Å². The van der Waals surface area contributed by atoms with E-state index in [4.69, 9.17) is 5.11 Å². The normalized spacial score (nSPS) is 17.4. The summed E-state index contributed by atoms with van der Waals surface area (Å²) >= 11 is 0. The summed E-state index contributed by atoms with van der Waals surface area (Å²) in [5.74, 6) is -0.590. The average molecular weight is 235 g/mol. The van der Waals surface area contributed by atoms with Gasteiger partial charge in [-0.25, -0.2) is 14.8 Å².